The second kappa shape index (κ2) is 15.3. The number of benzene rings is 9. The lowest BCUT2D eigenvalue weighted by molar-refractivity contribution is 0.592. The molecule has 9 aromatic carbocycles. The highest BCUT2D eigenvalue weighted by Crippen LogP contribution is 2.54. The van der Waals surface area contributed by atoms with E-state index in [-0.39, 0.29) is 0 Å². The Bertz CT molecular complexity index is 3540. The predicted octanol–water partition coefficient (Wildman–Crippen LogP) is 13.5. The fraction of sp³-hybridized carbons (Fsp3) is 0. The second-order valence-corrected chi connectivity index (χ2v) is 18.6. The molecule has 0 amide bonds. The summed E-state index contributed by atoms with van der Waals surface area (Å²) in [5, 5.41) is 4.12. The topological polar surface area (TPSA) is 72.1 Å². The minimum absolute atomic E-state index is 0.533. The maximum atomic E-state index is 17.1. The van der Waals surface area contributed by atoms with Gasteiger partial charge in [0.1, 0.15) is 11.2 Å². The van der Waals surface area contributed by atoms with Gasteiger partial charge < -0.3 is 13.9 Å². The Hall–Kier alpha value is -8.18. The van der Waals surface area contributed by atoms with Gasteiger partial charge in [0.05, 0.1) is 11.4 Å². The lowest BCUT2D eigenvalue weighted by atomic mass is 9.96. The van der Waals surface area contributed by atoms with Crippen molar-refractivity contribution in [1.29, 1.82) is 0 Å². The molecule has 0 fully saturated rings. The standard InChI is InChI=1S/C57H37N4O2P/c62-64(42-25-11-4-12-26-42)53-32-18-15-29-46(53)43-27-13-16-30-49(43)61(41-23-9-3-10-24-41)50-35-40(33-34-44(50)48-36-47-45-28-14-17-31-51(45)63-52(47)37-54(48)64)57-59-55(38-19-5-1-6-20-38)58-56(60-57)39-21-7-2-8-22-39/h1-37H. The van der Waals surface area contributed by atoms with Gasteiger partial charge in [-0.2, -0.15) is 0 Å². The fourth-order valence-electron chi connectivity index (χ4n) is 9.16. The van der Waals surface area contributed by atoms with Gasteiger partial charge in [-0.3, -0.25) is 0 Å². The van der Waals surface area contributed by atoms with Crippen molar-refractivity contribution in [2.24, 2.45) is 0 Å². The number of anilines is 3. The van der Waals surface area contributed by atoms with Crippen LogP contribution in [0.4, 0.5) is 17.1 Å². The second-order valence-electron chi connectivity index (χ2n) is 15.9. The van der Waals surface area contributed by atoms with Crippen LogP contribution >= 0.6 is 7.14 Å². The van der Waals surface area contributed by atoms with Gasteiger partial charge in [0, 0.05) is 60.2 Å². The highest BCUT2D eigenvalue weighted by molar-refractivity contribution is 7.85. The first kappa shape index (κ1) is 37.6. The molecule has 3 heterocycles. The molecule has 1 unspecified atom stereocenters. The molecule has 11 aromatic rings. The van der Waals surface area contributed by atoms with E-state index in [0.29, 0.717) is 28.4 Å². The summed E-state index contributed by atoms with van der Waals surface area (Å²) in [4.78, 5) is 17.7. The number of nitrogens with zero attached hydrogens (tertiary/aromatic N) is 4. The van der Waals surface area contributed by atoms with E-state index >= 15 is 4.57 Å². The molecule has 1 aliphatic heterocycles. The molecule has 0 bridgehead atoms. The normalized spacial score (nSPS) is 14.3. The molecule has 0 N–H and O–H groups in total. The molecular weight excluding hydrogens is 804 g/mol. The summed E-state index contributed by atoms with van der Waals surface area (Å²) < 4.78 is 23.7. The van der Waals surface area contributed by atoms with Crippen LogP contribution in [0, 0.1) is 0 Å². The minimum Gasteiger partial charge on any atom is -0.456 e. The lowest BCUT2D eigenvalue weighted by Gasteiger charge is -2.33. The molecule has 6 nitrogen and oxygen atoms in total. The van der Waals surface area contributed by atoms with Crippen molar-refractivity contribution in [3.05, 3.63) is 224 Å². The van der Waals surface area contributed by atoms with E-state index in [4.69, 9.17) is 19.4 Å². The number of aromatic nitrogens is 3. The van der Waals surface area contributed by atoms with Gasteiger partial charge in [-0.1, -0.05) is 182 Å². The monoisotopic (exact) mass is 840 g/mol. The fourth-order valence-corrected chi connectivity index (χ4v) is 12.2. The number of rotatable bonds is 5. The third kappa shape index (κ3) is 6.18. The van der Waals surface area contributed by atoms with Crippen LogP contribution in [-0.4, -0.2) is 15.0 Å². The molecule has 7 heteroatoms. The van der Waals surface area contributed by atoms with Gasteiger partial charge in [0.2, 0.25) is 0 Å². The zero-order valence-corrected chi connectivity index (χ0v) is 35.3. The van der Waals surface area contributed by atoms with Crippen LogP contribution in [0.3, 0.4) is 0 Å². The third-order valence-corrected chi connectivity index (χ3v) is 15.3. The Morgan fingerprint density at radius 1 is 0.375 bits per heavy atom. The van der Waals surface area contributed by atoms with Crippen molar-refractivity contribution in [2.75, 3.05) is 4.90 Å². The Balaban J connectivity index is 1.23. The predicted molar refractivity (Wildman–Crippen MR) is 262 cm³/mol. The van der Waals surface area contributed by atoms with Crippen LogP contribution in [0.15, 0.2) is 229 Å². The average molecular weight is 841 g/mol. The smallest absolute Gasteiger partial charge is 0.172 e. The Labute approximate surface area is 370 Å². The summed E-state index contributed by atoms with van der Waals surface area (Å²) in [6.07, 6.45) is 0. The van der Waals surface area contributed by atoms with E-state index in [9.17, 15) is 0 Å². The summed E-state index contributed by atoms with van der Waals surface area (Å²) in [5.41, 5.74) is 10.4. The van der Waals surface area contributed by atoms with Gasteiger partial charge >= 0.3 is 0 Å². The summed E-state index contributed by atoms with van der Waals surface area (Å²) in [6, 6.07) is 75.8. The van der Waals surface area contributed by atoms with Crippen LogP contribution in [-0.2, 0) is 4.57 Å². The van der Waals surface area contributed by atoms with Gasteiger partial charge in [-0.05, 0) is 53.6 Å². The van der Waals surface area contributed by atoms with Crippen LogP contribution in [0.5, 0.6) is 0 Å². The molecule has 0 radical (unpaired) electrons. The van der Waals surface area contributed by atoms with Crippen molar-refractivity contribution >= 4 is 62.1 Å². The zero-order chi connectivity index (χ0) is 42.6. The van der Waals surface area contributed by atoms with E-state index < -0.39 is 7.14 Å². The SMILES string of the molecule is O=P1(c2ccccc2)c2ccccc2-c2ccccc2N(c2ccccc2)c2cc(-c3nc(-c4ccccc4)nc(-c4ccccc4)n3)ccc2-c2cc3c(cc21)oc1ccccc13. The van der Waals surface area contributed by atoms with E-state index in [1.54, 1.807) is 0 Å². The largest absolute Gasteiger partial charge is 0.456 e. The first-order valence-electron chi connectivity index (χ1n) is 21.3. The van der Waals surface area contributed by atoms with Crippen LogP contribution in [0.2, 0.25) is 0 Å². The summed E-state index contributed by atoms with van der Waals surface area (Å²) in [5.74, 6) is 1.69. The average Bonchev–Trinajstić information content (AvgIpc) is 3.74. The molecule has 0 saturated carbocycles. The number of hydrogen-bond acceptors (Lipinski definition) is 6. The zero-order valence-electron chi connectivity index (χ0n) is 34.4. The van der Waals surface area contributed by atoms with Crippen LogP contribution in [0.1, 0.15) is 0 Å². The van der Waals surface area contributed by atoms with Gasteiger partial charge in [-0.15, -0.1) is 0 Å². The van der Waals surface area contributed by atoms with Crippen LogP contribution in [0.25, 0.3) is 78.4 Å². The molecule has 1 atom stereocenters. The lowest BCUT2D eigenvalue weighted by Crippen LogP contribution is -2.29. The van der Waals surface area contributed by atoms with Gasteiger partial charge in [-0.25, -0.2) is 15.0 Å². The maximum Gasteiger partial charge on any atom is 0.172 e. The van der Waals surface area contributed by atoms with E-state index in [2.05, 4.69) is 89.8 Å². The van der Waals surface area contributed by atoms with Crippen molar-refractivity contribution < 1.29 is 8.98 Å². The number of para-hydroxylation sites is 3. The molecular formula is C57H37N4O2P. The van der Waals surface area contributed by atoms with Gasteiger partial charge in [0.15, 0.2) is 24.6 Å². The Kier molecular flexibility index (Phi) is 8.99. The Morgan fingerprint density at radius 2 is 0.922 bits per heavy atom. The van der Waals surface area contributed by atoms with Gasteiger partial charge in [0.25, 0.3) is 0 Å². The quantitative estimate of drug-likeness (QED) is 0.161. The molecule has 2 aromatic heterocycles. The highest BCUT2D eigenvalue weighted by Gasteiger charge is 2.38. The first-order valence-corrected chi connectivity index (χ1v) is 23.0. The minimum atomic E-state index is -3.68. The van der Waals surface area contributed by atoms with Crippen molar-refractivity contribution in [2.45, 2.75) is 0 Å². The van der Waals surface area contributed by atoms with Crippen molar-refractivity contribution in [1.82, 2.24) is 15.0 Å². The van der Waals surface area contributed by atoms with E-state index in [1.807, 2.05) is 140 Å². The molecule has 64 heavy (non-hydrogen) atoms. The maximum absolute atomic E-state index is 17.1. The van der Waals surface area contributed by atoms with E-state index in [0.717, 1.165) is 83.0 Å². The van der Waals surface area contributed by atoms with Crippen molar-refractivity contribution in [3.63, 3.8) is 0 Å². The summed E-state index contributed by atoms with van der Waals surface area (Å²) in [7, 11) is -3.68. The molecule has 0 saturated heterocycles. The summed E-state index contributed by atoms with van der Waals surface area (Å²) >= 11 is 0. The first-order chi connectivity index (χ1) is 31.6. The van der Waals surface area contributed by atoms with E-state index in [1.165, 1.54) is 0 Å². The number of fused-ring (bicyclic) bond motifs is 9. The molecule has 1 aliphatic rings. The molecule has 302 valence electrons. The Morgan fingerprint density at radius 3 is 1.62 bits per heavy atom. The molecule has 0 spiro atoms. The number of hydrogen-bond donors (Lipinski definition) is 0. The molecule has 0 aliphatic carbocycles. The van der Waals surface area contributed by atoms with Crippen LogP contribution < -0.4 is 20.8 Å². The number of furan rings is 1. The highest BCUT2D eigenvalue weighted by atomic mass is 31.2. The third-order valence-electron chi connectivity index (χ3n) is 12.1. The van der Waals surface area contributed by atoms with Crippen molar-refractivity contribution in [3.8, 4) is 56.4 Å². The summed E-state index contributed by atoms with van der Waals surface area (Å²) in [6.45, 7) is 0. The molecule has 12 rings (SSSR count).